The van der Waals surface area contributed by atoms with Gasteiger partial charge >= 0.3 is 0 Å². The van der Waals surface area contributed by atoms with Crippen molar-refractivity contribution in [3.63, 3.8) is 0 Å². The third-order valence-corrected chi connectivity index (χ3v) is 3.71. The Hall–Kier alpha value is -2.43. The van der Waals surface area contributed by atoms with E-state index in [1.165, 1.54) is 0 Å². The van der Waals surface area contributed by atoms with Gasteiger partial charge in [-0.25, -0.2) is 4.98 Å². The molecule has 5 heteroatoms. The first kappa shape index (κ1) is 13.5. The highest BCUT2D eigenvalue weighted by Gasteiger charge is 2.23. The van der Waals surface area contributed by atoms with Crippen LogP contribution < -0.4 is 10.6 Å². The molecule has 1 fully saturated rings. The van der Waals surface area contributed by atoms with Gasteiger partial charge in [0, 0.05) is 18.0 Å². The summed E-state index contributed by atoms with van der Waals surface area (Å²) in [6.45, 7) is 0. The Kier molecular flexibility index (Phi) is 3.81. The van der Waals surface area contributed by atoms with Crippen LogP contribution in [0.4, 0.5) is 5.82 Å². The van der Waals surface area contributed by atoms with Gasteiger partial charge in [0.1, 0.15) is 11.9 Å². The van der Waals surface area contributed by atoms with Gasteiger partial charge in [-0.15, -0.1) is 0 Å². The highest BCUT2D eigenvalue weighted by atomic mass is 16.2. The van der Waals surface area contributed by atoms with E-state index >= 15 is 0 Å². The van der Waals surface area contributed by atoms with Gasteiger partial charge in [0.2, 0.25) is 11.8 Å². The quantitative estimate of drug-likeness (QED) is 0.888. The molecule has 1 atom stereocenters. The number of nitrogens with zero attached hydrogens (tertiary/aromatic N) is 1. The summed E-state index contributed by atoms with van der Waals surface area (Å²) in [7, 11) is 0. The van der Waals surface area contributed by atoms with Gasteiger partial charge in [-0.3, -0.25) is 9.59 Å². The number of benzene rings is 1. The maximum atomic E-state index is 12.3. The predicted molar refractivity (Wildman–Crippen MR) is 80.8 cm³/mol. The summed E-state index contributed by atoms with van der Waals surface area (Å²) in [6, 6.07) is 9.18. The van der Waals surface area contributed by atoms with Crippen LogP contribution in [0, 0.1) is 0 Å². The molecule has 0 spiro atoms. The predicted octanol–water partition coefficient (Wildman–Crippen LogP) is 2.23. The average Bonchev–Trinajstić information content (AvgIpc) is 2.72. The number of hydrogen-bond acceptors (Lipinski definition) is 3. The zero-order chi connectivity index (χ0) is 14.7. The van der Waals surface area contributed by atoms with E-state index in [1.54, 1.807) is 6.20 Å². The average molecular weight is 283 g/mol. The zero-order valence-electron chi connectivity index (χ0n) is 11.6. The van der Waals surface area contributed by atoms with Crippen LogP contribution >= 0.6 is 0 Å². The maximum absolute atomic E-state index is 12.3. The summed E-state index contributed by atoms with van der Waals surface area (Å²) >= 11 is 0. The van der Waals surface area contributed by atoms with Crippen molar-refractivity contribution in [2.45, 2.75) is 31.7 Å². The van der Waals surface area contributed by atoms with Gasteiger partial charge in [0.05, 0.1) is 0 Å². The summed E-state index contributed by atoms with van der Waals surface area (Å²) < 4.78 is 0. The Morgan fingerprint density at radius 2 is 2.10 bits per heavy atom. The standard InChI is InChI=1S/C16H17N3O2/c20-14-8-4-3-7-13(18-14)16(21)19-15-12-6-2-1-5-11(12)9-10-17-15/h1-2,5-6,9-10,13H,3-4,7-8H2,(H,18,20)(H,17,19,21)/t13-/m1/s1. The van der Waals surface area contributed by atoms with Crippen molar-refractivity contribution < 1.29 is 9.59 Å². The molecule has 1 aliphatic heterocycles. The minimum Gasteiger partial charge on any atom is -0.344 e. The fraction of sp³-hybridized carbons (Fsp3) is 0.312. The third-order valence-electron chi connectivity index (χ3n) is 3.71. The molecular weight excluding hydrogens is 266 g/mol. The number of hydrogen-bond donors (Lipinski definition) is 2. The van der Waals surface area contributed by atoms with E-state index in [2.05, 4.69) is 15.6 Å². The van der Waals surface area contributed by atoms with E-state index in [4.69, 9.17) is 0 Å². The van der Waals surface area contributed by atoms with Gasteiger partial charge < -0.3 is 10.6 Å². The number of fused-ring (bicyclic) bond motifs is 1. The number of pyridine rings is 1. The van der Waals surface area contributed by atoms with Crippen molar-refractivity contribution >= 4 is 28.4 Å². The fourth-order valence-electron chi connectivity index (χ4n) is 2.59. The van der Waals surface area contributed by atoms with Gasteiger partial charge in [-0.1, -0.05) is 30.7 Å². The smallest absolute Gasteiger partial charge is 0.248 e. The van der Waals surface area contributed by atoms with Crippen molar-refractivity contribution in [1.82, 2.24) is 10.3 Å². The van der Waals surface area contributed by atoms with E-state index in [-0.39, 0.29) is 11.8 Å². The SMILES string of the molecule is O=C1CCCC[C@H](C(=O)Nc2nccc3ccccc23)N1. The second-order valence-corrected chi connectivity index (χ2v) is 5.24. The third kappa shape index (κ3) is 3.02. The first-order valence-corrected chi connectivity index (χ1v) is 7.18. The second kappa shape index (κ2) is 5.91. The highest BCUT2D eigenvalue weighted by molar-refractivity contribution is 6.03. The molecule has 0 bridgehead atoms. The molecule has 0 unspecified atom stereocenters. The van der Waals surface area contributed by atoms with Crippen molar-refractivity contribution in [2.75, 3.05) is 5.32 Å². The number of amides is 2. The summed E-state index contributed by atoms with van der Waals surface area (Å²) in [4.78, 5) is 28.1. The van der Waals surface area contributed by atoms with Crippen molar-refractivity contribution in [3.8, 4) is 0 Å². The van der Waals surface area contributed by atoms with E-state index in [9.17, 15) is 9.59 Å². The fourth-order valence-corrected chi connectivity index (χ4v) is 2.59. The van der Waals surface area contributed by atoms with Gasteiger partial charge in [0.15, 0.2) is 0 Å². The van der Waals surface area contributed by atoms with Crippen molar-refractivity contribution in [1.29, 1.82) is 0 Å². The molecule has 1 aromatic heterocycles. The Bertz CT molecular complexity index is 679. The monoisotopic (exact) mass is 283 g/mol. The highest BCUT2D eigenvalue weighted by Crippen LogP contribution is 2.21. The molecular formula is C16H17N3O2. The van der Waals surface area contributed by atoms with Crippen LogP contribution in [0.15, 0.2) is 36.5 Å². The van der Waals surface area contributed by atoms with Crippen LogP contribution in [0.5, 0.6) is 0 Å². The molecule has 21 heavy (non-hydrogen) atoms. The lowest BCUT2D eigenvalue weighted by Crippen LogP contribution is -2.42. The molecule has 0 radical (unpaired) electrons. The number of carbonyl (C=O) groups is 2. The molecule has 2 N–H and O–H groups in total. The van der Waals surface area contributed by atoms with Gasteiger partial charge in [-0.2, -0.15) is 0 Å². The van der Waals surface area contributed by atoms with Crippen molar-refractivity contribution in [3.05, 3.63) is 36.5 Å². The molecule has 108 valence electrons. The first-order chi connectivity index (χ1) is 10.2. The number of carbonyl (C=O) groups excluding carboxylic acids is 2. The topological polar surface area (TPSA) is 71.1 Å². The normalized spacial score (nSPS) is 18.9. The Morgan fingerprint density at radius 3 is 3.00 bits per heavy atom. The molecule has 1 saturated heterocycles. The Labute approximate surface area is 122 Å². The van der Waals surface area contributed by atoms with Gasteiger partial charge in [-0.05, 0) is 24.3 Å². The first-order valence-electron chi connectivity index (χ1n) is 7.18. The van der Waals surface area contributed by atoms with Crippen LogP contribution in [0.1, 0.15) is 25.7 Å². The molecule has 1 aliphatic rings. The van der Waals surface area contributed by atoms with E-state index < -0.39 is 6.04 Å². The van der Waals surface area contributed by atoms with E-state index in [0.29, 0.717) is 18.7 Å². The van der Waals surface area contributed by atoms with Crippen LogP contribution in [0.3, 0.4) is 0 Å². The number of aromatic nitrogens is 1. The Morgan fingerprint density at radius 1 is 1.24 bits per heavy atom. The molecule has 0 saturated carbocycles. The lowest BCUT2D eigenvalue weighted by atomic mass is 10.1. The lowest BCUT2D eigenvalue weighted by molar-refractivity contribution is -0.126. The van der Waals surface area contributed by atoms with Crippen molar-refractivity contribution in [2.24, 2.45) is 0 Å². The molecule has 5 nitrogen and oxygen atoms in total. The number of rotatable bonds is 2. The molecule has 3 rings (SSSR count). The van der Waals surface area contributed by atoms with Crippen LogP contribution in [0.25, 0.3) is 10.8 Å². The Balaban J connectivity index is 1.81. The largest absolute Gasteiger partial charge is 0.344 e. The molecule has 2 heterocycles. The van der Waals surface area contributed by atoms with E-state index in [1.807, 2.05) is 30.3 Å². The summed E-state index contributed by atoms with van der Waals surface area (Å²) in [5, 5.41) is 7.52. The van der Waals surface area contributed by atoms with E-state index in [0.717, 1.165) is 23.6 Å². The van der Waals surface area contributed by atoms with Crippen LogP contribution in [0.2, 0.25) is 0 Å². The molecule has 2 aromatic rings. The second-order valence-electron chi connectivity index (χ2n) is 5.24. The molecule has 2 amide bonds. The summed E-state index contributed by atoms with van der Waals surface area (Å²) in [5.74, 6) is 0.282. The minimum absolute atomic E-state index is 0.0569. The summed E-state index contributed by atoms with van der Waals surface area (Å²) in [6.07, 6.45) is 4.55. The van der Waals surface area contributed by atoms with Gasteiger partial charge in [0.25, 0.3) is 0 Å². The van der Waals surface area contributed by atoms with Crippen LogP contribution in [-0.2, 0) is 9.59 Å². The number of nitrogens with one attached hydrogen (secondary N) is 2. The summed E-state index contributed by atoms with van der Waals surface area (Å²) in [5.41, 5.74) is 0. The minimum atomic E-state index is -0.472. The number of anilines is 1. The lowest BCUT2D eigenvalue weighted by Gasteiger charge is -2.16. The van der Waals surface area contributed by atoms with Crippen LogP contribution in [-0.4, -0.2) is 22.8 Å². The zero-order valence-corrected chi connectivity index (χ0v) is 11.6. The molecule has 0 aliphatic carbocycles. The molecule has 1 aromatic carbocycles. The maximum Gasteiger partial charge on any atom is 0.248 e.